The Labute approximate surface area is 168 Å². The lowest BCUT2D eigenvalue weighted by Crippen LogP contribution is -2.33. The lowest BCUT2D eigenvalue weighted by Gasteiger charge is -2.25. The van der Waals surface area contributed by atoms with Gasteiger partial charge in [0, 0.05) is 18.2 Å². The molecule has 2 aromatic carbocycles. The van der Waals surface area contributed by atoms with Crippen LogP contribution in [0, 0.1) is 0 Å². The van der Waals surface area contributed by atoms with Crippen LogP contribution in [0.5, 0.6) is 0 Å². The van der Waals surface area contributed by atoms with E-state index in [1.54, 1.807) is 0 Å². The number of aromatic nitrogens is 2. The van der Waals surface area contributed by atoms with Crippen LogP contribution >= 0.6 is 0 Å². The van der Waals surface area contributed by atoms with Crippen LogP contribution in [0.2, 0.25) is 0 Å². The van der Waals surface area contributed by atoms with E-state index in [9.17, 15) is 4.79 Å². The van der Waals surface area contributed by atoms with Crippen molar-refractivity contribution in [3.63, 3.8) is 0 Å². The van der Waals surface area contributed by atoms with Crippen LogP contribution in [0.3, 0.4) is 0 Å². The monoisotopic (exact) mass is 392 g/mol. The summed E-state index contributed by atoms with van der Waals surface area (Å²) in [4.78, 5) is 24.5. The largest absolute Gasteiger partial charge is 0.443 e. The van der Waals surface area contributed by atoms with Gasteiger partial charge in [-0.15, -0.1) is 0 Å². The highest BCUT2D eigenvalue weighted by molar-refractivity contribution is 5.91. The summed E-state index contributed by atoms with van der Waals surface area (Å²) in [6.07, 6.45) is 0.174. The SMILES string of the molecule is CC(C)(Cc1ccccc1Cc1nc(N=C(N)N)c2ccccc2n1)OC(N)=O. The Morgan fingerprint density at radius 2 is 1.66 bits per heavy atom. The van der Waals surface area contributed by atoms with Gasteiger partial charge in [0.15, 0.2) is 11.8 Å². The summed E-state index contributed by atoms with van der Waals surface area (Å²) in [5, 5.41) is 0.772. The molecule has 8 nitrogen and oxygen atoms in total. The van der Waals surface area contributed by atoms with E-state index in [2.05, 4.69) is 15.0 Å². The van der Waals surface area contributed by atoms with Gasteiger partial charge in [-0.05, 0) is 37.1 Å². The maximum Gasteiger partial charge on any atom is 0.405 e. The molecule has 150 valence electrons. The predicted octanol–water partition coefficient (Wildman–Crippen LogP) is 2.54. The van der Waals surface area contributed by atoms with E-state index in [-0.39, 0.29) is 5.96 Å². The number of nitrogens with two attached hydrogens (primary N) is 3. The number of amides is 1. The first-order valence-electron chi connectivity index (χ1n) is 9.14. The fraction of sp³-hybridized carbons (Fsp3) is 0.238. The van der Waals surface area contributed by atoms with Gasteiger partial charge in [0.25, 0.3) is 0 Å². The molecule has 29 heavy (non-hydrogen) atoms. The average Bonchev–Trinajstić information content (AvgIpc) is 2.61. The van der Waals surface area contributed by atoms with Crippen molar-refractivity contribution in [1.29, 1.82) is 0 Å². The molecule has 6 N–H and O–H groups in total. The Kier molecular flexibility index (Phi) is 5.63. The molecule has 0 radical (unpaired) electrons. The van der Waals surface area contributed by atoms with Gasteiger partial charge < -0.3 is 21.9 Å². The van der Waals surface area contributed by atoms with Gasteiger partial charge in [-0.3, -0.25) is 0 Å². The van der Waals surface area contributed by atoms with Crippen LogP contribution < -0.4 is 17.2 Å². The predicted molar refractivity (Wildman–Crippen MR) is 113 cm³/mol. The van der Waals surface area contributed by atoms with Crippen molar-refractivity contribution >= 4 is 28.8 Å². The second-order valence-electron chi connectivity index (χ2n) is 7.32. The van der Waals surface area contributed by atoms with Crippen LogP contribution in [0.1, 0.15) is 30.8 Å². The van der Waals surface area contributed by atoms with Gasteiger partial charge >= 0.3 is 6.09 Å². The van der Waals surface area contributed by atoms with Crippen molar-refractivity contribution in [2.24, 2.45) is 22.2 Å². The number of ether oxygens (including phenoxy) is 1. The Hall–Kier alpha value is -3.68. The number of fused-ring (bicyclic) bond motifs is 1. The van der Waals surface area contributed by atoms with Crippen LogP contribution in [-0.2, 0) is 17.6 Å². The first-order chi connectivity index (χ1) is 13.7. The van der Waals surface area contributed by atoms with E-state index in [1.165, 1.54) is 0 Å². The summed E-state index contributed by atoms with van der Waals surface area (Å²) in [5.74, 6) is 0.954. The van der Waals surface area contributed by atoms with Crippen LogP contribution in [-0.4, -0.2) is 27.6 Å². The van der Waals surface area contributed by atoms with E-state index in [0.29, 0.717) is 24.5 Å². The minimum atomic E-state index is -0.799. The molecule has 1 heterocycles. The number of hydrogen-bond acceptors (Lipinski definition) is 5. The summed E-state index contributed by atoms with van der Waals surface area (Å²) < 4.78 is 5.23. The van der Waals surface area contributed by atoms with Gasteiger partial charge in [-0.1, -0.05) is 36.4 Å². The molecule has 0 saturated carbocycles. The normalized spacial score (nSPS) is 11.2. The van der Waals surface area contributed by atoms with Crippen LogP contribution in [0.15, 0.2) is 53.5 Å². The lowest BCUT2D eigenvalue weighted by molar-refractivity contribution is 0.0459. The Bertz CT molecular complexity index is 1070. The van der Waals surface area contributed by atoms with Gasteiger partial charge in [0.2, 0.25) is 0 Å². The maximum absolute atomic E-state index is 11.2. The minimum Gasteiger partial charge on any atom is -0.443 e. The number of primary amides is 1. The van der Waals surface area contributed by atoms with Gasteiger partial charge in [-0.2, -0.15) is 4.99 Å². The molecule has 0 aliphatic heterocycles. The average molecular weight is 392 g/mol. The number of carbonyl (C=O) groups is 1. The molecule has 0 aliphatic rings. The number of benzene rings is 2. The van der Waals surface area contributed by atoms with Crippen molar-refractivity contribution in [2.45, 2.75) is 32.3 Å². The molecule has 3 rings (SSSR count). The lowest BCUT2D eigenvalue weighted by atomic mass is 9.93. The Morgan fingerprint density at radius 1 is 1.00 bits per heavy atom. The topological polar surface area (TPSA) is 142 Å². The molecule has 0 atom stereocenters. The first-order valence-corrected chi connectivity index (χ1v) is 9.14. The molecule has 0 spiro atoms. The van der Waals surface area contributed by atoms with Crippen molar-refractivity contribution in [3.8, 4) is 0 Å². The smallest absolute Gasteiger partial charge is 0.405 e. The van der Waals surface area contributed by atoms with Crippen molar-refractivity contribution in [1.82, 2.24) is 9.97 Å². The molecule has 8 heteroatoms. The molecule has 0 bridgehead atoms. The summed E-state index contributed by atoms with van der Waals surface area (Å²) in [7, 11) is 0. The van der Waals surface area contributed by atoms with E-state index >= 15 is 0 Å². The van der Waals surface area contributed by atoms with Gasteiger partial charge in [0.05, 0.1) is 5.52 Å². The summed E-state index contributed by atoms with van der Waals surface area (Å²) in [6, 6.07) is 15.4. The second-order valence-corrected chi connectivity index (χ2v) is 7.32. The van der Waals surface area contributed by atoms with Crippen LogP contribution in [0.4, 0.5) is 10.6 Å². The highest BCUT2D eigenvalue weighted by Gasteiger charge is 2.23. The van der Waals surface area contributed by atoms with Crippen molar-refractivity contribution in [2.75, 3.05) is 0 Å². The number of carbonyl (C=O) groups excluding carboxylic acids is 1. The molecule has 0 saturated heterocycles. The number of rotatable bonds is 6. The molecule has 0 unspecified atom stereocenters. The zero-order valence-corrected chi connectivity index (χ0v) is 16.4. The van der Waals surface area contributed by atoms with E-state index in [1.807, 2.05) is 62.4 Å². The highest BCUT2D eigenvalue weighted by atomic mass is 16.6. The Balaban J connectivity index is 1.98. The Morgan fingerprint density at radius 3 is 2.34 bits per heavy atom. The molecule has 1 aromatic heterocycles. The quantitative estimate of drug-likeness (QED) is 0.434. The molecule has 3 aromatic rings. The number of guanidine groups is 1. The van der Waals surface area contributed by atoms with E-state index in [4.69, 9.17) is 21.9 Å². The maximum atomic E-state index is 11.2. The zero-order valence-electron chi connectivity index (χ0n) is 16.4. The van der Waals surface area contributed by atoms with Crippen molar-refractivity contribution < 1.29 is 9.53 Å². The number of nitrogens with zero attached hydrogens (tertiary/aromatic N) is 3. The fourth-order valence-corrected chi connectivity index (χ4v) is 3.23. The molecule has 1 amide bonds. The standard InChI is InChI=1S/C21H24N6O2/c1-21(2,29-20(24)28)12-14-8-4-3-7-13(14)11-17-25-16-10-6-5-9-15(16)18(26-17)27-19(22)23/h3-10H,11-12H2,1-2H3,(H2,24,28)(H4,22,23,25,26,27). The molecular weight excluding hydrogens is 368 g/mol. The highest BCUT2D eigenvalue weighted by Crippen LogP contribution is 2.25. The minimum absolute atomic E-state index is 0.0643. The number of aliphatic imine (C=N–C) groups is 1. The summed E-state index contributed by atoms with van der Waals surface area (Å²) >= 11 is 0. The molecular formula is C21H24N6O2. The first kappa shape index (κ1) is 20.1. The third-order valence-electron chi connectivity index (χ3n) is 4.32. The third kappa shape index (κ3) is 5.19. The summed E-state index contributed by atoms with van der Waals surface area (Å²) in [6.45, 7) is 3.63. The fourth-order valence-electron chi connectivity index (χ4n) is 3.23. The van der Waals surface area contributed by atoms with Crippen LogP contribution in [0.25, 0.3) is 10.9 Å². The zero-order chi connectivity index (χ0) is 21.0. The number of para-hydroxylation sites is 1. The van der Waals surface area contributed by atoms with Crippen molar-refractivity contribution in [3.05, 3.63) is 65.5 Å². The van der Waals surface area contributed by atoms with E-state index < -0.39 is 11.7 Å². The molecule has 0 aliphatic carbocycles. The van der Waals surface area contributed by atoms with Gasteiger partial charge in [-0.25, -0.2) is 14.8 Å². The summed E-state index contributed by atoms with van der Waals surface area (Å²) in [5.41, 5.74) is 18.4. The van der Waals surface area contributed by atoms with E-state index in [0.717, 1.165) is 22.0 Å². The number of hydrogen-bond donors (Lipinski definition) is 3. The molecule has 0 fully saturated rings. The second kappa shape index (κ2) is 8.14. The van der Waals surface area contributed by atoms with Gasteiger partial charge in [0.1, 0.15) is 11.4 Å². The third-order valence-corrected chi connectivity index (χ3v) is 4.32.